The minimum atomic E-state index is -0.407. The van der Waals surface area contributed by atoms with Crippen LogP contribution in [0.3, 0.4) is 0 Å². The first kappa shape index (κ1) is 15.1. The third kappa shape index (κ3) is 2.76. The molecule has 4 nitrogen and oxygen atoms in total. The van der Waals surface area contributed by atoms with Crippen molar-refractivity contribution in [3.63, 3.8) is 0 Å². The molecule has 1 fully saturated rings. The molecule has 0 aliphatic carbocycles. The fourth-order valence-electron chi connectivity index (χ4n) is 3.52. The fraction of sp³-hybridized carbons (Fsp3) is 0.316. The molecule has 1 N–H and O–H groups in total. The Morgan fingerprint density at radius 2 is 1.83 bits per heavy atom. The smallest absolute Gasteiger partial charge is 0.272 e. The molecule has 1 aliphatic heterocycles. The van der Waals surface area contributed by atoms with Crippen LogP contribution in [0.15, 0.2) is 47.5 Å². The molecule has 2 aromatic heterocycles. The average molecular weight is 325 g/mol. The third-order valence-electron chi connectivity index (χ3n) is 4.98. The molecule has 0 amide bonds. The molecular weight excluding hydrogens is 305 g/mol. The van der Waals surface area contributed by atoms with Crippen LogP contribution >= 0.6 is 0 Å². The molecule has 0 radical (unpaired) electrons. The topological polar surface area (TPSA) is 40.5 Å². The van der Waals surface area contributed by atoms with Gasteiger partial charge in [-0.25, -0.2) is 4.39 Å². The quantitative estimate of drug-likeness (QED) is 0.786. The fourth-order valence-corrected chi connectivity index (χ4v) is 3.52. The number of benzene rings is 1. The number of hydrogen-bond donors (Lipinski definition) is 1. The number of hydrogen-bond acceptors (Lipinski definition) is 2. The van der Waals surface area contributed by atoms with Crippen LogP contribution in [0, 0.1) is 5.82 Å². The van der Waals surface area contributed by atoms with Crippen LogP contribution in [0.2, 0.25) is 0 Å². The molecule has 0 unspecified atom stereocenters. The normalized spacial score (nSPS) is 16.8. The van der Waals surface area contributed by atoms with Crippen molar-refractivity contribution in [3.05, 3.63) is 64.5 Å². The monoisotopic (exact) mass is 325 g/mol. The maximum Gasteiger partial charge on any atom is 0.272 e. The summed E-state index contributed by atoms with van der Waals surface area (Å²) in [5, 5.41) is 0. The number of rotatable bonds is 2. The lowest BCUT2D eigenvalue weighted by Gasteiger charge is -2.29. The summed E-state index contributed by atoms with van der Waals surface area (Å²) in [5.74, 6) is 0.200. The first-order valence-corrected chi connectivity index (χ1v) is 8.29. The van der Waals surface area contributed by atoms with E-state index in [0.29, 0.717) is 17.1 Å². The van der Waals surface area contributed by atoms with Crippen molar-refractivity contribution in [3.8, 4) is 11.3 Å². The van der Waals surface area contributed by atoms with Gasteiger partial charge in [0.2, 0.25) is 0 Å². The van der Waals surface area contributed by atoms with Gasteiger partial charge in [0.05, 0.1) is 5.69 Å². The lowest BCUT2D eigenvalue weighted by atomic mass is 9.89. The van der Waals surface area contributed by atoms with Crippen molar-refractivity contribution < 1.29 is 4.39 Å². The van der Waals surface area contributed by atoms with Gasteiger partial charge in [-0.15, -0.1) is 0 Å². The maximum atomic E-state index is 13.3. The van der Waals surface area contributed by atoms with Crippen molar-refractivity contribution in [1.29, 1.82) is 0 Å². The minimum absolute atomic E-state index is 0.282. The predicted molar refractivity (Wildman–Crippen MR) is 92.9 cm³/mol. The Morgan fingerprint density at radius 3 is 2.54 bits per heavy atom. The van der Waals surface area contributed by atoms with E-state index in [4.69, 9.17) is 0 Å². The molecule has 0 bridgehead atoms. The summed E-state index contributed by atoms with van der Waals surface area (Å²) < 4.78 is 14.9. The number of nitrogens with one attached hydrogen (secondary N) is 1. The Morgan fingerprint density at radius 1 is 1.12 bits per heavy atom. The van der Waals surface area contributed by atoms with Gasteiger partial charge in [-0.3, -0.25) is 4.79 Å². The zero-order chi connectivity index (χ0) is 16.7. The summed E-state index contributed by atoms with van der Waals surface area (Å²) in [6.45, 7) is 2.27. The summed E-state index contributed by atoms with van der Waals surface area (Å²) in [6.07, 6.45) is 5.44. The van der Waals surface area contributed by atoms with E-state index in [0.717, 1.165) is 18.7 Å². The Labute approximate surface area is 139 Å². The third-order valence-corrected chi connectivity index (χ3v) is 4.98. The minimum Gasteiger partial charge on any atom is -0.319 e. The van der Waals surface area contributed by atoms with Gasteiger partial charge in [-0.1, -0.05) is 24.3 Å². The summed E-state index contributed by atoms with van der Waals surface area (Å²) in [7, 11) is 2.16. The van der Waals surface area contributed by atoms with Gasteiger partial charge in [-0.2, -0.15) is 0 Å². The number of halogens is 1. The molecule has 24 heavy (non-hydrogen) atoms. The van der Waals surface area contributed by atoms with Crippen LogP contribution in [0.25, 0.3) is 16.8 Å². The van der Waals surface area contributed by atoms with Gasteiger partial charge >= 0.3 is 0 Å². The zero-order valence-corrected chi connectivity index (χ0v) is 13.6. The molecule has 3 aromatic rings. The molecule has 5 heteroatoms. The molecule has 1 saturated heterocycles. The standard InChI is InChI=1S/C19H20FN3O/c1-22-8-6-14(7-9-22)13-2-4-15(5-3-13)17-12-23-11-16(20)10-18(23)19(24)21-17/h2-5,10-12,14H,6-9H2,1H3,(H,21,24). The zero-order valence-electron chi connectivity index (χ0n) is 13.6. The summed E-state index contributed by atoms with van der Waals surface area (Å²) in [6, 6.07) is 9.59. The lowest BCUT2D eigenvalue weighted by Crippen LogP contribution is -2.29. The number of nitrogens with zero attached hydrogens (tertiary/aromatic N) is 2. The van der Waals surface area contributed by atoms with Crippen LogP contribution in [0.1, 0.15) is 24.3 Å². The van der Waals surface area contributed by atoms with Crippen LogP contribution in [0.4, 0.5) is 4.39 Å². The molecule has 3 heterocycles. The highest BCUT2D eigenvalue weighted by molar-refractivity contribution is 5.61. The van der Waals surface area contributed by atoms with E-state index in [1.807, 2.05) is 12.1 Å². The van der Waals surface area contributed by atoms with E-state index < -0.39 is 5.82 Å². The summed E-state index contributed by atoms with van der Waals surface area (Å²) in [4.78, 5) is 17.3. The van der Waals surface area contributed by atoms with Crippen LogP contribution < -0.4 is 5.56 Å². The molecule has 124 valence electrons. The Kier molecular flexibility index (Phi) is 3.73. The highest BCUT2D eigenvalue weighted by Gasteiger charge is 2.18. The van der Waals surface area contributed by atoms with E-state index in [2.05, 4.69) is 29.1 Å². The summed E-state index contributed by atoms with van der Waals surface area (Å²) >= 11 is 0. The van der Waals surface area contributed by atoms with E-state index in [1.165, 1.54) is 35.1 Å². The van der Waals surface area contributed by atoms with E-state index >= 15 is 0 Å². The second-order valence-electron chi connectivity index (χ2n) is 6.65. The Balaban J connectivity index is 1.64. The Hall–Kier alpha value is -2.40. The van der Waals surface area contributed by atoms with Crippen LogP contribution in [0.5, 0.6) is 0 Å². The number of aromatic amines is 1. The maximum absolute atomic E-state index is 13.3. The van der Waals surface area contributed by atoms with Crippen molar-refractivity contribution >= 4 is 5.52 Å². The van der Waals surface area contributed by atoms with Crippen molar-refractivity contribution in [2.75, 3.05) is 20.1 Å². The molecule has 1 aromatic carbocycles. The van der Waals surface area contributed by atoms with Crippen molar-refractivity contribution in [2.24, 2.45) is 0 Å². The first-order valence-electron chi connectivity index (χ1n) is 8.29. The van der Waals surface area contributed by atoms with Crippen molar-refractivity contribution in [1.82, 2.24) is 14.3 Å². The summed E-state index contributed by atoms with van der Waals surface area (Å²) in [5.41, 5.74) is 3.01. The number of aromatic nitrogens is 2. The molecule has 1 aliphatic rings. The highest BCUT2D eigenvalue weighted by atomic mass is 19.1. The van der Waals surface area contributed by atoms with E-state index in [-0.39, 0.29) is 5.56 Å². The van der Waals surface area contributed by atoms with Gasteiger partial charge in [0, 0.05) is 18.5 Å². The SMILES string of the molecule is CN1CCC(c2ccc(-c3cn4cc(F)cc4c(=O)[nH]3)cc2)CC1. The Bertz CT molecular complexity index is 918. The number of piperidine rings is 1. The lowest BCUT2D eigenvalue weighted by molar-refractivity contribution is 0.255. The molecular formula is C19H20FN3O. The number of fused-ring (bicyclic) bond motifs is 1. The van der Waals surface area contributed by atoms with Crippen molar-refractivity contribution in [2.45, 2.75) is 18.8 Å². The first-order chi connectivity index (χ1) is 11.6. The van der Waals surface area contributed by atoms with Gasteiger partial charge < -0.3 is 14.3 Å². The van der Waals surface area contributed by atoms with Gasteiger partial charge in [0.25, 0.3) is 5.56 Å². The molecule has 4 rings (SSSR count). The van der Waals surface area contributed by atoms with E-state index in [9.17, 15) is 9.18 Å². The van der Waals surface area contributed by atoms with Crippen LogP contribution in [-0.2, 0) is 0 Å². The number of H-pyrrole nitrogens is 1. The van der Waals surface area contributed by atoms with Crippen LogP contribution in [-0.4, -0.2) is 34.4 Å². The second kappa shape index (κ2) is 5.91. The second-order valence-corrected chi connectivity index (χ2v) is 6.65. The molecule has 0 spiro atoms. The number of likely N-dealkylation sites (tertiary alicyclic amines) is 1. The largest absolute Gasteiger partial charge is 0.319 e. The highest BCUT2D eigenvalue weighted by Crippen LogP contribution is 2.29. The molecule has 0 saturated carbocycles. The van der Waals surface area contributed by atoms with Gasteiger partial charge in [0.15, 0.2) is 0 Å². The average Bonchev–Trinajstić information content (AvgIpc) is 2.97. The predicted octanol–water partition coefficient (Wildman–Crippen LogP) is 3.24. The van der Waals surface area contributed by atoms with Gasteiger partial charge in [0.1, 0.15) is 11.3 Å². The molecule has 0 atom stereocenters. The van der Waals surface area contributed by atoms with E-state index in [1.54, 1.807) is 6.20 Å². The van der Waals surface area contributed by atoms with Gasteiger partial charge in [-0.05, 0) is 50.0 Å².